The van der Waals surface area contributed by atoms with Gasteiger partial charge >= 0.3 is 17.9 Å². The molecule has 6 nitrogen and oxygen atoms in total. The summed E-state index contributed by atoms with van der Waals surface area (Å²) in [6, 6.07) is 0. The second-order valence-electron chi connectivity index (χ2n) is 2.38. The Hall–Kier alpha value is -1.59. The van der Waals surface area contributed by atoms with Crippen LogP contribution in [-0.2, 0) is 28.6 Å². The van der Waals surface area contributed by atoms with Gasteiger partial charge in [-0.05, 0) is 6.92 Å². The van der Waals surface area contributed by atoms with Crippen molar-refractivity contribution in [2.45, 2.75) is 0 Å². The quantitative estimate of drug-likeness (QED) is 0.343. The molecule has 0 heterocycles. The first-order valence-corrected chi connectivity index (χ1v) is 3.55. The minimum atomic E-state index is -2.31. The first-order valence-electron chi connectivity index (χ1n) is 3.55. The molecule has 0 saturated heterocycles. The molecule has 0 aliphatic heterocycles. The zero-order chi connectivity index (χ0) is 11.4. The molecule has 79 valence electrons. The molecule has 0 rings (SSSR count). The summed E-state index contributed by atoms with van der Waals surface area (Å²) in [6.07, 6.45) is 0. The lowest BCUT2D eigenvalue weighted by Gasteiger charge is -2.20. The number of rotatable bonds is 3. The maximum absolute atomic E-state index is 11.1. The van der Waals surface area contributed by atoms with Gasteiger partial charge in [0.15, 0.2) is 0 Å². The molecule has 0 aliphatic rings. The Bertz CT molecular complexity index is 216. The topological polar surface area (TPSA) is 78.9 Å². The van der Waals surface area contributed by atoms with Crippen LogP contribution in [0.1, 0.15) is 0 Å². The van der Waals surface area contributed by atoms with Gasteiger partial charge in [-0.2, -0.15) is 0 Å². The van der Waals surface area contributed by atoms with E-state index in [1.165, 1.54) is 0 Å². The van der Waals surface area contributed by atoms with Gasteiger partial charge in [0.25, 0.3) is 5.41 Å². The monoisotopic (exact) mass is 203 g/mol. The van der Waals surface area contributed by atoms with Gasteiger partial charge in [-0.15, -0.1) is 0 Å². The molecule has 0 N–H and O–H groups in total. The lowest BCUT2D eigenvalue weighted by Crippen LogP contribution is -2.46. The SMILES string of the molecule is [CH2]C(C(=O)OC)(C(=O)OC)C(=O)OC. The Morgan fingerprint density at radius 3 is 1.21 bits per heavy atom. The average Bonchev–Trinajstić information content (AvgIpc) is 2.24. The summed E-state index contributed by atoms with van der Waals surface area (Å²) in [4.78, 5) is 33.4. The van der Waals surface area contributed by atoms with Gasteiger partial charge < -0.3 is 14.2 Å². The Morgan fingerprint density at radius 1 is 0.857 bits per heavy atom. The summed E-state index contributed by atoms with van der Waals surface area (Å²) in [5.74, 6) is -3.39. The van der Waals surface area contributed by atoms with Crippen molar-refractivity contribution in [3.63, 3.8) is 0 Å². The van der Waals surface area contributed by atoms with E-state index in [9.17, 15) is 14.4 Å². The van der Waals surface area contributed by atoms with Crippen LogP contribution in [-0.4, -0.2) is 39.2 Å². The summed E-state index contributed by atoms with van der Waals surface area (Å²) in [6.45, 7) is 3.16. The van der Waals surface area contributed by atoms with Crippen molar-refractivity contribution in [3.8, 4) is 0 Å². The van der Waals surface area contributed by atoms with E-state index in [1.807, 2.05) is 0 Å². The first-order chi connectivity index (χ1) is 6.44. The average molecular weight is 203 g/mol. The third kappa shape index (κ3) is 1.84. The number of carbonyl (C=O) groups excluding carboxylic acids is 3. The minimum absolute atomic E-state index is 1.02. The fourth-order valence-electron chi connectivity index (χ4n) is 0.773. The highest BCUT2D eigenvalue weighted by Gasteiger charge is 2.52. The van der Waals surface area contributed by atoms with Crippen LogP contribution >= 0.6 is 0 Å². The van der Waals surface area contributed by atoms with E-state index in [4.69, 9.17) is 0 Å². The van der Waals surface area contributed by atoms with E-state index in [0.29, 0.717) is 0 Å². The standard InChI is InChI=1S/C8H11O6/c1-8(5(9)12-2,6(10)13-3)7(11)14-4/h1H2,2-4H3. The van der Waals surface area contributed by atoms with Crippen LogP contribution in [0, 0.1) is 12.3 Å². The van der Waals surface area contributed by atoms with E-state index < -0.39 is 23.3 Å². The fraction of sp³-hybridized carbons (Fsp3) is 0.500. The van der Waals surface area contributed by atoms with Crippen LogP contribution in [0.4, 0.5) is 0 Å². The molecule has 0 aliphatic carbocycles. The molecule has 0 bridgehead atoms. The van der Waals surface area contributed by atoms with Gasteiger partial charge in [-0.3, -0.25) is 14.4 Å². The Kier molecular flexibility index (Phi) is 4.07. The van der Waals surface area contributed by atoms with Crippen molar-refractivity contribution < 1.29 is 28.6 Å². The van der Waals surface area contributed by atoms with Crippen molar-refractivity contribution >= 4 is 17.9 Å². The van der Waals surface area contributed by atoms with Crippen LogP contribution < -0.4 is 0 Å². The molecule has 0 saturated carbocycles. The van der Waals surface area contributed by atoms with Crippen molar-refractivity contribution in [1.82, 2.24) is 0 Å². The summed E-state index contributed by atoms with van der Waals surface area (Å²) in [7, 11) is 3.07. The zero-order valence-electron chi connectivity index (χ0n) is 8.16. The molecule has 14 heavy (non-hydrogen) atoms. The lowest BCUT2D eigenvalue weighted by atomic mass is 9.91. The Labute approximate surface area is 81.1 Å². The molecule has 0 unspecified atom stereocenters. The molecule has 6 heteroatoms. The van der Waals surface area contributed by atoms with Gasteiger partial charge in [0.2, 0.25) is 0 Å². The minimum Gasteiger partial charge on any atom is -0.468 e. The van der Waals surface area contributed by atoms with E-state index in [-0.39, 0.29) is 0 Å². The van der Waals surface area contributed by atoms with E-state index in [0.717, 1.165) is 21.3 Å². The molecule has 0 amide bonds. The third-order valence-electron chi connectivity index (χ3n) is 1.60. The highest BCUT2D eigenvalue weighted by Crippen LogP contribution is 2.21. The number of hydrogen-bond acceptors (Lipinski definition) is 6. The van der Waals surface area contributed by atoms with Crippen molar-refractivity contribution in [1.29, 1.82) is 0 Å². The first kappa shape index (κ1) is 12.4. The van der Waals surface area contributed by atoms with Crippen LogP contribution in [0.5, 0.6) is 0 Å². The predicted molar refractivity (Wildman–Crippen MR) is 43.8 cm³/mol. The fourth-order valence-corrected chi connectivity index (χ4v) is 0.773. The molecule has 0 atom stereocenters. The number of methoxy groups -OCH3 is 3. The maximum atomic E-state index is 11.1. The smallest absolute Gasteiger partial charge is 0.334 e. The second-order valence-corrected chi connectivity index (χ2v) is 2.38. The highest BCUT2D eigenvalue weighted by molar-refractivity contribution is 6.18. The summed E-state index contributed by atoms with van der Waals surface area (Å²) in [5.41, 5.74) is -2.31. The summed E-state index contributed by atoms with van der Waals surface area (Å²) in [5, 5.41) is 0. The molecule has 0 fully saturated rings. The Morgan fingerprint density at radius 2 is 1.07 bits per heavy atom. The second kappa shape index (κ2) is 4.59. The molecule has 0 spiro atoms. The largest absolute Gasteiger partial charge is 0.468 e. The van der Waals surface area contributed by atoms with E-state index in [2.05, 4.69) is 21.1 Å². The zero-order valence-corrected chi connectivity index (χ0v) is 8.16. The summed E-state index contributed by atoms with van der Waals surface area (Å²) < 4.78 is 12.8. The van der Waals surface area contributed by atoms with Gasteiger partial charge in [0.05, 0.1) is 21.3 Å². The van der Waals surface area contributed by atoms with Crippen LogP contribution in [0.3, 0.4) is 0 Å². The van der Waals surface area contributed by atoms with Crippen LogP contribution in [0.2, 0.25) is 0 Å². The van der Waals surface area contributed by atoms with Crippen molar-refractivity contribution in [3.05, 3.63) is 6.92 Å². The number of ether oxygens (including phenoxy) is 3. The van der Waals surface area contributed by atoms with Gasteiger partial charge in [0, 0.05) is 0 Å². The lowest BCUT2D eigenvalue weighted by molar-refractivity contribution is -0.176. The van der Waals surface area contributed by atoms with Crippen LogP contribution in [0.25, 0.3) is 0 Å². The number of esters is 3. The number of hydrogen-bond donors (Lipinski definition) is 0. The van der Waals surface area contributed by atoms with E-state index in [1.54, 1.807) is 0 Å². The predicted octanol–water partition coefficient (Wildman–Crippen LogP) is -0.674. The molecule has 0 aromatic heterocycles. The maximum Gasteiger partial charge on any atom is 0.334 e. The summed E-state index contributed by atoms with van der Waals surface area (Å²) >= 11 is 0. The van der Waals surface area contributed by atoms with Crippen molar-refractivity contribution in [2.75, 3.05) is 21.3 Å². The van der Waals surface area contributed by atoms with Crippen molar-refractivity contribution in [2.24, 2.45) is 5.41 Å². The van der Waals surface area contributed by atoms with E-state index >= 15 is 0 Å². The van der Waals surface area contributed by atoms with Gasteiger partial charge in [-0.1, -0.05) is 0 Å². The molecular formula is C8H11O6. The van der Waals surface area contributed by atoms with Gasteiger partial charge in [0.1, 0.15) is 0 Å². The molecule has 1 radical (unpaired) electrons. The third-order valence-corrected chi connectivity index (χ3v) is 1.60. The number of carbonyl (C=O) groups is 3. The molecule has 0 aromatic carbocycles. The molecule has 0 aromatic rings. The molecular weight excluding hydrogens is 192 g/mol. The van der Waals surface area contributed by atoms with Crippen LogP contribution in [0.15, 0.2) is 0 Å². The Balaban J connectivity index is 5.14. The normalized spacial score (nSPS) is 10.3. The highest BCUT2D eigenvalue weighted by atomic mass is 16.6. The van der Waals surface area contributed by atoms with Gasteiger partial charge in [-0.25, -0.2) is 0 Å².